The first kappa shape index (κ1) is 16.9. The van der Waals surface area contributed by atoms with Gasteiger partial charge in [0.1, 0.15) is 0 Å². The molecule has 26 heavy (non-hydrogen) atoms. The molecule has 0 aromatic heterocycles. The third kappa shape index (κ3) is 2.46. The number of fused-ring (bicyclic) bond motifs is 3. The Morgan fingerprint density at radius 1 is 0.692 bits per heavy atom. The number of nitrogens with zero attached hydrogens (tertiary/aromatic N) is 1. The van der Waals surface area contributed by atoms with Crippen molar-refractivity contribution in [2.75, 3.05) is 4.90 Å². The van der Waals surface area contributed by atoms with Crippen LogP contribution in [0.25, 0.3) is 11.1 Å². The van der Waals surface area contributed by atoms with E-state index in [0.29, 0.717) is 0 Å². The molecule has 0 fully saturated rings. The van der Waals surface area contributed by atoms with Gasteiger partial charge in [0.2, 0.25) is 0 Å². The van der Waals surface area contributed by atoms with Crippen LogP contribution >= 0.6 is 0 Å². The molecule has 0 atom stereocenters. The van der Waals surface area contributed by atoms with Gasteiger partial charge in [0.05, 0.1) is 0 Å². The third-order valence-corrected chi connectivity index (χ3v) is 5.48. The van der Waals surface area contributed by atoms with Gasteiger partial charge in [-0.15, -0.1) is 0 Å². The zero-order valence-electron chi connectivity index (χ0n) is 16.4. The average Bonchev–Trinajstić information content (AvgIpc) is 2.84. The number of rotatable bonds is 2. The summed E-state index contributed by atoms with van der Waals surface area (Å²) in [6.45, 7) is 11.6. The smallest absolute Gasteiger partial charge is 0.0463 e. The Kier molecular flexibility index (Phi) is 3.73. The first-order chi connectivity index (χ1) is 12.3. The minimum Gasteiger partial charge on any atom is -0.336 e. The van der Waals surface area contributed by atoms with Gasteiger partial charge in [0.25, 0.3) is 0 Å². The summed E-state index contributed by atoms with van der Waals surface area (Å²) in [4.78, 5) is 2.49. The van der Waals surface area contributed by atoms with Gasteiger partial charge in [-0.2, -0.15) is 0 Å². The fraction of sp³-hybridized carbons (Fsp3) is 0.280. The van der Waals surface area contributed by atoms with E-state index in [1.165, 1.54) is 33.6 Å². The van der Waals surface area contributed by atoms with Crippen molar-refractivity contribution in [2.45, 2.75) is 45.6 Å². The Bertz CT molecular complexity index is 945. The minimum atomic E-state index is -0.0265. The second-order valence-electron chi connectivity index (χ2n) is 8.71. The molecule has 4 rings (SSSR count). The Hall–Kier alpha value is -2.54. The van der Waals surface area contributed by atoms with Crippen molar-refractivity contribution >= 4 is 11.4 Å². The lowest BCUT2D eigenvalue weighted by atomic mass is 9.81. The van der Waals surface area contributed by atoms with Crippen molar-refractivity contribution in [2.24, 2.45) is 0 Å². The van der Waals surface area contributed by atoms with Gasteiger partial charge in [-0.3, -0.25) is 0 Å². The maximum atomic E-state index is 2.49. The van der Waals surface area contributed by atoms with Crippen LogP contribution in [0, 0.1) is 0 Å². The van der Waals surface area contributed by atoms with Gasteiger partial charge in [0.15, 0.2) is 0 Å². The lowest BCUT2D eigenvalue weighted by Crippen LogP contribution is -2.39. The molecule has 0 aliphatic heterocycles. The number of hydrogen-bond donors (Lipinski definition) is 0. The molecule has 132 valence electrons. The highest BCUT2D eigenvalue weighted by molar-refractivity contribution is 5.88. The van der Waals surface area contributed by atoms with E-state index in [9.17, 15) is 0 Å². The van der Waals surface area contributed by atoms with Crippen LogP contribution in [0.5, 0.6) is 0 Å². The Labute approximate surface area is 157 Å². The molecule has 0 bridgehead atoms. The molecule has 0 spiro atoms. The van der Waals surface area contributed by atoms with Crippen LogP contribution in [-0.4, -0.2) is 5.54 Å². The highest BCUT2D eigenvalue weighted by Gasteiger charge is 2.39. The van der Waals surface area contributed by atoms with Gasteiger partial charge < -0.3 is 4.90 Å². The van der Waals surface area contributed by atoms with E-state index in [-0.39, 0.29) is 11.0 Å². The normalized spacial score (nSPS) is 14.7. The zero-order chi connectivity index (χ0) is 18.5. The van der Waals surface area contributed by atoms with E-state index in [0.717, 1.165) is 0 Å². The van der Waals surface area contributed by atoms with Gasteiger partial charge >= 0.3 is 0 Å². The molecule has 3 aromatic carbocycles. The lowest BCUT2D eigenvalue weighted by Gasteiger charge is -2.40. The summed E-state index contributed by atoms with van der Waals surface area (Å²) in [7, 11) is 0. The first-order valence-electron chi connectivity index (χ1n) is 9.40. The molecule has 0 amide bonds. The predicted molar refractivity (Wildman–Crippen MR) is 112 cm³/mol. The molecule has 0 radical (unpaired) electrons. The Morgan fingerprint density at radius 2 is 1.31 bits per heavy atom. The van der Waals surface area contributed by atoms with Crippen LogP contribution in [0.4, 0.5) is 11.4 Å². The molecule has 0 N–H and O–H groups in total. The summed E-state index contributed by atoms with van der Waals surface area (Å²) in [6, 6.07) is 26.4. The maximum Gasteiger partial charge on any atom is 0.0463 e. The molecule has 3 aromatic rings. The van der Waals surface area contributed by atoms with Crippen molar-refractivity contribution in [3.05, 3.63) is 83.9 Å². The molecule has 1 aliphatic rings. The minimum absolute atomic E-state index is 0.0131. The summed E-state index contributed by atoms with van der Waals surface area (Å²) < 4.78 is 0. The summed E-state index contributed by atoms with van der Waals surface area (Å²) in [5.74, 6) is 0. The first-order valence-corrected chi connectivity index (χ1v) is 9.40. The highest BCUT2D eigenvalue weighted by Crippen LogP contribution is 2.53. The van der Waals surface area contributed by atoms with E-state index in [4.69, 9.17) is 0 Å². The molecular formula is C25H27N. The summed E-state index contributed by atoms with van der Waals surface area (Å²) in [5.41, 5.74) is 8.10. The van der Waals surface area contributed by atoms with E-state index in [1.807, 2.05) is 0 Å². The number of anilines is 2. The fourth-order valence-corrected chi connectivity index (χ4v) is 4.47. The largest absolute Gasteiger partial charge is 0.336 e. The van der Waals surface area contributed by atoms with Gasteiger partial charge in [-0.1, -0.05) is 68.4 Å². The predicted octanol–water partition coefficient (Wildman–Crippen LogP) is 6.93. The number of para-hydroxylation sites is 1. The van der Waals surface area contributed by atoms with Gasteiger partial charge in [0, 0.05) is 22.3 Å². The molecule has 1 nitrogen and oxygen atoms in total. The zero-order valence-corrected chi connectivity index (χ0v) is 16.4. The van der Waals surface area contributed by atoms with Gasteiger partial charge in [-0.05, 0) is 61.2 Å². The monoisotopic (exact) mass is 341 g/mol. The van der Waals surface area contributed by atoms with Crippen LogP contribution in [0.3, 0.4) is 0 Å². The van der Waals surface area contributed by atoms with Gasteiger partial charge in [-0.25, -0.2) is 0 Å². The van der Waals surface area contributed by atoms with Crippen molar-refractivity contribution < 1.29 is 0 Å². The van der Waals surface area contributed by atoms with Crippen molar-refractivity contribution in [1.29, 1.82) is 0 Å². The van der Waals surface area contributed by atoms with Crippen LogP contribution in [0.1, 0.15) is 45.7 Å². The highest BCUT2D eigenvalue weighted by atomic mass is 15.2. The fourth-order valence-electron chi connectivity index (χ4n) is 4.47. The van der Waals surface area contributed by atoms with Crippen molar-refractivity contribution in [3.8, 4) is 11.1 Å². The number of benzene rings is 3. The van der Waals surface area contributed by atoms with Crippen molar-refractivity contribution in [1.82, 2.24) is 0 Å². The van der Waals surface area contributed by atoms with Crippen LogP contribution in [-0.2, 0) is 5.41 Å². The van der Waals surface area contributed by atoms with E-state index in [1.54, 1.807) is 0 Å². The Balaban J connectivity index is 2.01. The second-order valence-corrected chi connectivity index (χ2v) is 8.71. The van der Waals surface area contributed by atoms with Crippen LogP contribution in [0.2, 0.25) is 0 Å². The average molecular weight is 341 g/mol. The van der Waals surface area contributed by atoms with E-state index in [2.05, 4.69) is 112 Å². The van der Waals surface area contributed by atoms with E-state index >= 15 is 0 Å². The maximum absolute atomic E-state index is 2.49. The van der Waals surface area contributed by atoms with Crippen LogP contribution in [0.15, 0.2) is 72.8 Å². The quantitative estimate of drug-likeness (QED) is 0.488. The number of hydrogen-bond acceptors (Lipinski definition) is 1. The summed E-state index contributed by atoms with van der Waals surface area (Å²) in [6.07, 6.45) is 0. The van der Waals surface area contributed by atoms with Crippen LogP contribution < -0.4 is 4.90 Å². The van der Waals surface area contributed by atoms with Crippen molar-refractivity contribution in [3.63, 3.8) is 0 Å². The molecule has 0 heterocycles. The third-order valence-electron chi connectivity index (χ3n) is 5.48. The molecule has 1 heteroatoms. The Morgan fingerprint density at radius 3 is 2.00 bits per heavy atom. The topological polar surface area (TPSA) is 3.24 Å². The second kappa shape index (κ2) is 5.74. The molecule has 0 saturated heterocycles. The summed E-state index contributed by atoms with van der Waals surface area (Å²) in [5, 5.41) is 0. The van der Waals surface area contributed by atoms with E-state index < -0.39 is 0 Å². The molecule has 1 aliphatic carbocycles. The lowest BCUT2D eigenvalue weighted by molar-refractivity contribution is 0.553. The molecular weight excluding hydrogens is 314 g/mol. The molecule has 0 unspecified atom stereocenters. The SMILES string of the molecule is CC1(C)c2ccccc2-c2cccc(N(c3ccccc3)C(C)(C)C)c21. The summed E-state index contributed by atoms with van der Waals surface area (Å²) >= 11 is 0. The molecule has 0 saturated carbocycles. The standard InChI is InChI=1S/C25H27N/c1-24(2,3)26(18-12-7-6-8-13-18)22-17-11-15-20-19-14-9-10-16-21(19)25(4,5)23(20)22/h6-17H,1-5H3.